The minimum atomic E-state index is -4.74. The predicted octanol–water partition coefficient (Wildman–Crippen LogP) is 3.37. The van der Waals surface area contributed by atoms with Crippen molar-refractivity contribution in [3.05, 3.63) is 53.2 Å². The van der Waals surface area contributed by atoms with E-state index in [1.807, 2.05) is 0 Å². The summed E-state index contributed by atoms with van der Waals surface area (Å²) in [4.78, 5) is 15.2. The van der Waals surface area contributed by atoms with Gasteiger partial charge in [0.2, 0.25) is 12.1 Å². The predicted molar refractivity (Wildman–Crippen MR) is 89.1 cm³/mol. The number of benzene rings is 1. The first-order chi connectivity index (χ1) is 14.0. The Hall–Kier alpha value is -3.38. The first-order valence-corrected chi connectivity index (χ1v) is 8.31. The van der Waals surface area contributed by atoms with Gasteiger partial charge in [0.1, 0.15) is 5.69 Å². The Morgan fingerprint density at radius 2 is 1.87 bits per heavy atom. The molecule has 0 spiro atoms. The fourth-order valence-electron chi connectivity index (χ4n) is 2.52. The molecule has 1 amide bonds. The van der Waals surface area contributed by atoms with E-state index in [-0.39, 0.29) is 17.9 Å². The van der Waals surface area contributed by atoms with Gasteiger partial charge in [-0.25, -0.2) is 13.2 Å². The zero-order chi connectivity index (χ0) is 22.1. The highest BCUT2D eigenvalue weighted by atomic mass is 19.4. The van der Waals surface area contributed by atoms with Crippen LogP contribution in [0.2, 0.25) is 0 Å². The molecule has 1 N–H and O–H groups in total. The minimum absolute atomic E-state index is 0.114. The molecular weight excluding hydrogens is 420 g/mol. The number of amides is 1. The lowest BCUT2D eigenvalue weighted by Gasteiger charge is -2.08. The van der Waals surface area contributed by atoms with Crippen molar-refractivity contribution in [3.8, 4) is 11.4 Å². The SMILES string of the molecule is Cn1nc(Cc2ccc(-c3noc(C(F)(F)F)n3)cc2)cc1C(=O)NC(F)C(F)F. The normalized spacial score (nSPS) is 12.9. The third kappa shape index (κ3) is 4.78. The summed E-state index contributed by atoms with van der Waals surface area (Å²) in [5.74, 6) is -2.73. The van der Waals surface area contributed by atoms with Gasteiger partial charge in [-0.1, -0.05) is 29.4 Å². The lowest BCUT2D eigenvalue weighted by Crippen LogP contribution is -2.37. The van der Waals surface area contributed by atoms with Crippen LogP contribution < -0.4 is 5.32 Å². The Bertz CT molecular complexity index is 1030. The van der Waals surface area contributed by atoms with Crippen molar-refractivity contribution in [1.29, 1.82) is 0 Å². The monoisotopic (exact) mass is 433 g/mol. The van der Waals surface area contributed by atoms with E-state index in [9.17, 15) is 31.1 Å². The van der Waals surface area contributed by atoms with Crippen molar-refractivity contribution in [2.24, 2.45) is 7.05 Å². The largest absolute Gasteiger partial charge is 0.471 e. The van der Waals surface area contributed by atoms with E-state index in [4.69, 9.17) is 0 Å². The fourth-order valence-corrected chi connectivity index (χ4v) is 2.52. The molecule has 1 unspecified atom stereocenters. The molecule has 3 rings (SSSR count). The lowest BCUT2D eigenvalue weighted by molar-refractivity contribution is -0.159. The van der Waals surface area contributed by atoms with Gasteiger partial charge in [-0.2, -0.15) is 23.3 Å². The Morgan fingerprint density at radius 1 is 1.20 bits per heavy atom. The summed E-state index contributed by atoms with van der Waals surface area (Å²) in [6.45, 7) is 0. The molecule has 1 atom stereocenters. The van der Waals surface area contributed by atoms with Crippen LogP contribution >= 0.6 is 0 Å². The second-order valence-electron chi connectivity index (χ2n) is 6.15. The fraction of sp³-hybridized carbons (Fsp3) is 0.294. The highest BCUT2D eigenvalue weighted by Crippen LogP contribution is 2.29. The Balaban J connectivity index is 1.70. The molecule has 7 nitrogen and oxygen atoms in total. The second kappa shape index (κ2) is 8.16. The van der Waals surface area contributed by atoms with Gasteiger partial charge in [-0.15, -0.1) is 0 Å². The van der Waals surface area contributed by atoms with E-state index < -0.39 is 30.7 Å². The number of hydrogen-bond donors (Lipinski definition) is 1. The minimum Gasteiger partial charge on any atom is -0.329 e. The van der Waals surface area contributed by atoms with Crippen LogP contribution in [0.25, 0.3) is 11.4 Å². The van der Waals surface area contributed by atoms with Crippen molar-refractivity contribution in [2.75, 3.05) is 0 Å². The van der Waals surface area contributed by atoms with Gasteiger partial charge in [0.15, 0.2) is 0 Å². The molecule has 0 bridgehead atoms. The summed E-state index contributed by atoms with van der Waals surface area (Å²) < 4.78 is 80.4. The summed E-state index contributed by atoms with van der Waals surface area (Å²) in [5, 5.41) is 8.89. The standard InChI is InChI=1S/C17H13F6N5O2/c1-28-11(15(29)24-13(20)12(18)19)7-10(26-28)6-8-2-4-9(5-3-8)14-25-16(30-27-14)17(21,22)23/h2-5,7,12-13H,6H2,1H3,(H,24,29). The van der Waals surface area contributed by atoms with Crippen LogP contribution in [0, 0.1) is 0 Å². The van der Waals surface area contributed by atoms with Crippen LogP contribution in [0.1, 0.15) is 27.6 Å². The average Bonchev–Trinajstić information content (AvgIpc) is 3.29. The van der Waals surface area contributed by atoms with Gasteiger partial charge in [-0.05, 0) is 11.6 Å². The van der Waals surface area contributed by atoms with Crippen molar-refractivity contribution in [1.82, 2.24) is 25.2 Å². The van der Waals surface area contributed by atoms with E-state index in [1.165, 1.54) is 30.6 Å². The van der Waals surface area contributed by atoms with Gasteiger partial charge in [0.05, 0.1) is 5.69 Å². The molecule has 0 aliphatic rings. The molecule has 13 heteroatoms. The molecule has 2 heterocycles. The van der Waals surface area contributed by atoms with Gasteiger partial charge >= 0.3 is 12.1 Å². The van der Waals surface area contributed by atoms with E-state index in [1.54, 1.807) is 12.1 Å². The van der Waals surface area contributed by atoms with Gasteiger partial charge in [0, 0.05) is 19.0 Å². The van der Waals surface area contributed by atoms with E-state index in [0.29, 0.717) is 16.8 Å². The molecule has 0 radical (unpaired) electrons. The molecule has 0 saturated carbocycles. The summed E-state index contributed by atoms with van der Waals surface area (Å²) >= 11 is 0. The Labute approximate surface area is 164 Å². The van der Waals surface area contributed by atoms with Crippen LogP contribution in [0.3, 0.4) is 0 Å². The van der Waals surface area contributed by atoms with E-state index in [0.717, 1.165) is 4.68 Å². The smallest absolute Gasteiger partial charge is 0.329 e. The molecule has 1 aromatic carbocycles. The quantitative estimate of drug-likeness (QED) is 0.476. The van der Waals surface area contributed by atoms with Crippen LogP contribution in [0.4, 0.5) is 26.3 Å². The van der Waals surface area contributed by atoms with Crippen LogP contribution in [-0.2, 0) is 19.6 Å². The van der Waals surface area contributed by atoms with Crippen LogP contribution in [-0.4, -0.2) is 38.5 Å². The number of carbonyl (C=O) groups excluding carboxylic acids is 1. The van der Waals surface area contributed by atoms with Crippen molar-refractivity contribution >= 4 is 5.91 Å². The second-order valence-corrected chi connectivity index (χ2v) is 6.15. The summed E-state index contributed by atoms with van der Waals surface area (Å²) in [6, 6.07) is 7.44. The molecule has 0 aliphatic heterocycles. The van der Waals surface area contributed by atoms with Crippen molar-refractivity contribution in [2.45, 2.75) is 25.3 Å². The first-order valence-electron chi connectivity index (χ1n) is 8.31. The first kappa shape index (κ1) is 21.3. The Kier molecular flexibility index (Phi) is 5.80. The molecular formula is C17H13F6N5O2. The number of nitrogens with zero attached hydrogens (tertiary/aromatic N) is 4. The maximum Gasteiger partial charge on any atom is 0.471 e. The van der Waals surface area contributed by atoms with E-state index >= 15 is 0 Å². The molecule has 2 aromatic heterocycles. The molecule has 0 fully saturated rings. The van der Waals surface area contributed by atoms with Crippen molar-refractivity contribution < 1.29 is 35.7 Å². The number of hydrogen-bond acceptors (Lipinski definition) is 5. The van der Waals surface area contributed by atoms with Gasteiger partial charge in [-0.3, -0.25) is 9.48 Å². The van der Waals surface area contributed by atoms with Gasteiger partial charge < -0.3 is 9.84 Å². The third-order valence-corrected chi connectivity index (χ3v) is 3.92. The van der Waals surface area contributed by atoms with Crippen LogP contribution in [0.15, 0.2) is 34.9 Å². The summed E-state index contributed by atoms with van der Waals surface area (Å²) in [7, 11) is 1.39. The molecule has 3 aromatic rings. The topological polar surface area (TPSA) is 85.8 Å². The number of aryl methyl sites for hydroxylation is 1. The summed E-state index contributed by atoms with van der Waals surface area (Å²) in [6.07, 6.45) is -10.7. The summed E-state index contributed by atoms with van der Waals surface area (Å²) in [5.41, 5.74) is 1.25. The number of rotatable bonds is 6. The zero-order valence-corrected chi connectivity index (χ0v) is 15.1. The maximum absolute atomic E-state index is 13.0. The number of alkyl halides is 6. The highest BCUT2D eigenvalue weighted by Gasteiger charge is 2.38. The molecule has 0 aliphatic carbocycles. The van der Waals surface area contributed by atoms with Crippen molar-refractivity contribution in [3.63, 3.8) is 0 Å². The molecule has 30 heavy (non-hydrogen) atoms. The molecule has 0 saturated heterocycles. The van der Waals surface area contributed by atoms with E-state index in [2.05, 4.69) is 19.8 Å². The average molecular weight is 433 g/mol. The number of halogens is 6. The highest BCUT2D eigenvalue weighted by molar-refractivity contribution is 5.92. The maximum atomic E-state index is 13.0. The van der Waals surface area contributed by atoms with Crippen LogP contribution in [0.5, 0.6) is 0 Å². The molecule has 160 valence electrons. The Morgan fingerprint density at radius 3 is 2.43 bits per heavy atom. The lowest BCUT2D eigenvalue weighted by atomic mass is 10.1. The zero-order valence-electron chi connectivity index (χ0n) is 15.1. The number of carbonyl (C=O) groups is 1. The van der Waals surface area contributed by atoms with Gasteiger partial charge in [0.25, 0.3) is 12.3 Å². The number of nitrogens with one attached hydrogen (secondary N) is 1. The number of aromatic nitrogens is 4. The third-order valence-electron chi connectivity index (χ3n) is 3.92.